The van der Waals surface area contributed by atoms with E-state index >= 15 is 0 Å². The van der Waals surface area contributed by atoms with Crippen LogP contribution in [0.4, 0.5) is 0 Å². The molecule has 136 valence electrons. The molecule has 2 aromatic heterocycles. The van der Waals surface area contributed by atoms with Crippen LogP contribution in [0.1, 0.15) is 22.0 Å². The molecular formula is C22H18O3S2. The Bertz CT molecular complexity index is 886. The summed E-state index contributed by atoms with van der Waals surface area (Å²) in [4.78, 5) is 11.9. The number of hydrogen-bond donors (Lipinski definition) is 1. The molecule has 4 rings (SSSR count). The van der Waals surface area contributed by atoms with Gasteiger partial charge in [0.15, 0.2) is 15.9 Å². The van der Waals surface area contributed by atoms with E-state index in [1.54, 1.807) is 71.2 Å². The summed E-state index contributed by atoms with van der Waals surface area (Å²) in [5, 5.41) is 15.8. The number of hydrogen-bond acceptors (Lipinski definition) is 5. The Kier molecular flexibility index (Phi) is 6.93. The molecule has 0 radical (unpaired) electrons. The molecule has 0 amide bonds. The number of thiophene rings is 2. The number of Topliss-reactive ketones (excluding diaryl/α,β-unsaturated/α-hetero) is 1. The standard InChI is InChI=1S/C14H12O2.C8H6OS2/c15-13(11-7-3-1-4-8-11)14(16)12-9-5-2-6-10-12;1-3-7(10-5-1)9-8-4-2-6-11-8/h1-10,13,15H;1-6H. The molecule has 27 heavy (non-hydrogen) atoms. The SMILES string of the molecule is O=C(c1ccccc1)C(O)c1ccccc1.c1csc(Oc2cccs2)c1. The van der Waals surface area contributed by atoms with Crippen LogP contribution in [-0.4, -0.2) is 10.9 Å². The number of aliphatic hydroxyl groups excluding tert-OH is 1. The van der Waals surface area contributed by atoms with E-state index in [2.05, 4.69) is 0 Å². The monoisotopic (exact) mass is 394 g/mol. The Morgan fingerprint density at radius 3 is 1.74 bits per heavy atom. The third kappa shape index (κ3) is 5.62. The van der Waals surface area contributed by atoms with E-state index in [0.29, 0.717) is 11.1 Å². The van der Waals surface area contributed by atoms with Crippen LogP contribution in [0.3, 0.4) is 0 Å². The zero-order valence-corrected chi connectivity index (χ0v) is 16.0. The number of carbonyl (C=O) groups excluding carboxylic acids is 1. The van der Waals surface area contributed by atoms with Gasteiger partial charge in [0.05, 0.1) is 0 Å². The summed E-state index contributed by atoms with van der Waals surface area (Å²) < 4.78 is 5.50. The summed E-state index contributed by atoms with van der Waals surface area (Å²) in [6.45, 7) is 0. The van der Waals surface area contributed by atoms with E-state index in [0.717, 1.165) is 10.1 Å². The summed E-state index contributed by atoms with van der Waals surface area (Å²) in [5.41, 5.74) is 1.15. The highest BCUT2D eigenvalue weighted by atomic mass is 32.1. The Morgan fingerprint density at radius 1 is 0.741 bits per heavy atom. The normalized spacial score (nSPS) is 11.1. The Morgan fingerprint density at radius 2 is 1.26 bits per heavy atom. The number of benzene rings is 2. The number of carbonyl (C=O) groups is 1. The highest BCUT2D eigenvalue weighted by Gasteiger charge is 2.18. The van der Waals surface area contributed by atoms with Crippen molar-refractivity contribution in [2.45, 2.75) is 6.10 Å². The average molecular weight is 395 g/mol. The maximum atomic E-state index is 11.9. The van der Waals surface area contributed by atoms with E-state index in [1.165, 1.54) is 0 Å². The van der Waals surface area contributed by atoms with Crippen molar-refractivity contribution >= 4 is 28.5 Å². The van der Waals surface area contributed by atoms with Crippen LogP contribution in [0.2, 0.25) is 0 Å². The first-order chi connectivity index (χ1) is 13.2. The van der Waals surface area contributed by atoms with Crippen molar-refractivity contribution in [2.24, 2.45) is 0 Å². The van der Waals surface area contributed by atoms with Crippen LogP contribution in [-0.2, 0) is 0 Å². The van der Waals surface area contributed by atoms with Crippen LogP contribution >= 0.6 is 22.7 Å². The summed E-state index contributed by atoms with van der Waals surface area (Å²) >= 11 is 3.21. The van der Waals surface area contributed by atoms with Crippen molar-refractivity contribution in [1.82, 2.24) is 0 Å². The van der Waals surface area contributed by atoms with Gasteiger partial charge in [-0.05, 0) is 40.6 Å². The number of ketones is 1. The lowest BCUT2D eigenvalue weighted by molar-refractivity contribution is 0.0747. The molecule has 3 nitrogen and oxygen atoms in total. The maximum absolute atomic E-state index is 11.9. The van der Waals surface area contributed by atoms with Crippen LogP contribution in [0.25, 0.3) is 0 Å². The largest absolute Gasteiger partial charge is 0.436 e. The summed E-state index contributed by atoms with van der Waals surface area (Å²) in [7, 11) is 0. The molecule has 2 heterocycles. The van der Waals surface area contributed by atoms with Gasteiger partial charge in [-0.2, -0.15) is 0 Å². The van der Waals surface area contributed by atoms with Gasteiger partial charge in [0.25, 0.3) is 0 Å². The Hall–Kier alpha value is -2.73. The van der Waals surface area contributed by atoms with Gasteiger partial charge in [-0.15, -0.1) is 22.7 Å². The number of rotatable bonds is 5. The molecule has 5 heteroatoms. The van der Waals surface area contributed by atoms with Gasteiger partial charge >= 0.3 is 0 Å². The lowest BCUT2D eigenvalue weighted by Crippen LogP contribution is -2.11. The topological polar surface area (TPSA) is 46.5 Å². The van der Waals surface area contributed by atoms with Gasteiger partial charge in [0.2, 0.25) is 0 Å². The van der Waals surface area contributed by atoms with Crippen molar-refractivity contribution < 1.29 is 14.6 Å². The minimum atomic E-state index is -1.08. The van der Waals surface area contributed by atoms with Crippen LogP contribution in [0.5, 0.6) is 10.1 Å². The lowest BCUT2D eigenvalue weighted by Gasteiger charge is -2.09. The van der Waals surface area contributed by atoms with E-state index < -0.39 is 6.10 Å². The first kappa shape index (κ1) is 19.0. The second-order valence-electron chi connectivity index (χ2n) is 5.51. The van der Waals surface area contributed by atoms with E-state index in [-0.39, 0.29) is 5.78 Å². The molecular weight excluding hydrogens is 376 g/mol. The predicted molar refractivity (Wildman–Crippen MR) is 111 cm³/mol. The van der Waals surface area contributed by atoms with E-state index in [4.69, 9.17) is 4.74 Å². The molecule has 1 atom stereocenters. The van der Waals surface area contributed by atoms with E-state index in [1.807, 2.05) is 47.2 Å². The van der Waals surface area contributed by atoms with Gasteiger partial charge in [0, 0.05) is 5.56 Å². The maximum Gasteiger partial charge on any atom is 0.195 e. The van der Waals surface area contributed by atoms with Crippen molar-refractivity contribution in [3.05, 3.63) is 107 Å². The highest BCUT2D eigenvalue weighted by Crippen LogP contribution is 2.29. The third-order valence-electron chi connectivity index (χ3n) is 3.61. The summed E-state index contributed by atoms with van der Waals surface area (Å²) in [5.74, 6) is -0.271. The van der Waals surface area contributed by atoms with Gasteiger partial charge in [-0.3, -0.25) is 4.79 Å². The van der Waals surface area contributed by atoms with Gasteiger partial charge in [0.1, 0.15) is 6.10 Å². The first-order valence-electron chi connectivity index (χ1n) is 8.31. The molecule has 0 aliphatic rings. The minimum absolute atomic E-state index is 0.271. The molecule has 0 bridgehead atoms. The number of ether oxygens (including phenoxy) is 1. The minimum Gasteiger partial charge on any atom is -0.436 e. The molecule has 0 saturated heterocycles. The molecule has 0 aliphatic carbocycles. The molecule has 0 aliphatic heterocycles. The highest BCUT2D eigenvalue weighted by molar-refractivity contribution is 7.13. The molecule has 1 N–H and O–H groups in total. The molecule has 4 aromatic rings. The van der Waals surface area contributed by atoms with Gasteiger partial charge in [-0.25, -0.2) is 0 Å². The lowest BCUT2D eigenvalue weighted by atomic mass is 10.0. The number of aliphatic hydroxyl groups is 1. The fourth-order valence-electron chi connectivity index (χ4n) is 2.29. The predicted octanol–water partition coefficient (Wildman–Crippen LogP) is 6.20. The fourth-order valence-corrected chi connectivity index (χ4v) is 3.51. The summed E-state index contributed by atoms with van der Waals surface area (Å²) in [6, 6.07) is 25.6. The quantitative estimate of drug-likeness (QED) is 0.410. The van der Waals surface area contributed by atoms with Crippen LogP contribution in [0, 0.1) is 0 Å². The zero-order valence-electron chi connectivity index (χ0n) is 14.4. The van der Waals surface area contributed by atoms with Gasteiger partial charge < -0.3 is 9.84 Å². The molecule has 0 spiro atoms. The Balaban J connectivity index is 0.000000166. The zero-order chi connectivity index (χ0) is 18.9. The average Bonchev–Trinajstić information content (AvgIpc) is 3.43. The van der Waals surface area contributed by atoms with Crippen LogP contribution in [0.15, 0.2) is 95.7 Å². The fraction of sp³-hybridized carbons (Fsp3) is 0.0455. The summed E-state index contributed by atoms with van der Waals surface area (Å²) in [6.07, 6.45) is -1.08. The van der Waals surface area contributed by atoms with Crippen LogP contribution < -0.4 is 4.74 Å². The Labute approximate surface area is 166 Å². The van der Waals surface area contributed by atoms with Crippen molar-refractivity contribution in [3.63, 3.8) is 0 Å². The third-order valence-corrected chi connectivity index (χ3v) is 5.10. The second-order valence-corrected chi connectivity index (χ2v) is 7.33. The van der Waals surface area contributed by atoms with Crippen molar-refractivity contribution in [3.8, 4) is 10.1 Å². The second kappa shape index (κ2) is 9.83. The smallest absolute Gasteiger partial charge is 0.195 e. The van der Waals surface area contributed by atoms with Crippen molar-refractivity contribution in [1.29, 1.82) is 0 Å². The molecule has 0 fully saturated rings. The first-order valence-corrected chi connectivity index (χ1v) is 10.1. The molecule has 0 saturated carbocycles. The van der Waals surface area contributed by atoms with Gasteiger partial charge in [-0.1, -0.05) is 60.7 Å². The molecule has 1 unspecified atom stereocenters. The molecule has 2 aromatic carbocycles. The van der Waals surface area contributed by atoms with E-state index in [9.17, 15) is 9.90 Å². The van der Waals surface area contributed by atoms with Crippen molar-refractivity contribution in [2.75, 3.05) is 0 Å².